The number of hydrogen-bond donors (Lipinski definition) is 5. The van der Waals surface area contributed by atoms with Gasteiger partial charge in [-0.15, -0.1) is 0 Å². The van der Waals surface area contributed by atoms with Crippen LogP contribution in [-0.2, 0) is 35.2 Å². The average Bonchev–Trinajstić information content (AvgIpc) is 3.78. The van der Waals surface area contributed by atoms with E-state index >= 15 is 0 Å². The predicted molar refractivity (Wildman–Crippen MR) is 191 cm³/mol. The number of likely N-dealkylation sites (tertiary alicyclic amines) is 2. The van der Waals surface area contributed by atoms with Crippen LogP contribution in [0, 0.1) is 11.8 Å². The Morgan fingerprint density at radius 2 is 1.47 bits per heavy atom. The van der Waals surface area contributed by atoms with Gasteiger partial charge >= 0.3 is 0 Å². The summed E-state index contributed by atoms with van der Waals surface area (Å²) in [5.41, 5.74) is 11.6. The summed E-state index contributed by atoms with van der Waals surface area (Å²) in [5.74, 6) is -4.24. The summed E-state index contributed by atoms with van der Waals surface area (Å²) in [6.45, 7) is 17.1. The van der Waals surface area contributed by atoms with E-state index in [1.807, 2.05) is 55.4 Å². The Kier molecular flexibility index (Phi) is 25.2. The second kappa shape index (κ2) is 26.1. The number of primary amides is 1. The van der Waals surface area contributed by atoms with E-state index in [2.05, 4.69) is 5.32 Å². The van der Waals surface area contributed by atoms with Crippen molar-refractivity contribution in [2.75, 3.05) is 26.2 Å². The Morgan fingerprint density at radius 1 is 0.898 bits per heavy atom. The molecule has 3 rings (SSSR count). The van der Waals surface area contributed by atoms with Gasteiger partial charge in [0.2, 0.25) is 23.6 Å². The molecule has 5 atom stereocenters. The number of aliphatic hydroxyl groups excluding tert-OH is 1. The number of Topliss-reactive ketones (excluding diaryl/α,β-unsaturated/α-hetero) is 2. The van der Waals surface area contributed by atoms with E-state index in [0.717, 1.165) is 5.56 Å². The van der Waals surface area contributed by atoms with Crippen LogP contribution >= 0.6 is 0 Å². The van der Waals surface area contributed by atoms with E-state index in [4.69, 9.17) is 11.5 Å². The van der Waals surface area contributed by atoms with Crippen molar-refractivity contribution in [2.24, 2.45) is 23.3 Å². The topological polar surface area (TPSA) is 213 Å². The van der Waals surface area contributed by atoms with Crippen LogP contribution in [0.4, 0.5) is 0 Å². The molecule has 2 saturated heterocycles. The standard InChI is InChI=1S/C28H39N5O8.4C2H6/c1-16(9-20(35)13-29)27(40)31-14-25(38)33-15-21(36)12-23(33)28(41)32-8-2-3-22(32)24(37)11-18(26(30)39)10-17-4-6-19(34)7-5-17;4*1-2/h4-7,16,18,21-23,34,36H,2-3,8-15,29H2,1H3,(H2,30,39)(H,31,40);4*1-2H3/t16?,18?,21-,22?,23?;;;;/m0..../s1. The van der Waals surface area contributed by atoms with Crippen molar-refractivity contribution >= 4 is 35.2 Å². The molecule has 49 heavy (non-hydrogen) atoms. The predicted octanol–water partition coefficient (Wildman–Crippen LogP) is 2.72. The number of rotatable bonds is 13. The maximum Gasteiger partial charge on any atom is 0.246 e. The van der Waals surface area contributed by atoms with Gasteiger partial charge in [0.25, 0.3) is 0 Å². The van der Waals surface area contributed by atoms with Crippen molar-refractivity contribution in [3.63, 3.8) is 0 Å². The molecule has 0 spiro atoms. The lowest BCUT2D eigenvalue weighted by Crippen LogP contribution is -2.53. The van der Waals surface area contributed by atoms with E-state index in [1.54, 1.807) is 12.1 Å². The monoisotopic (exact) mass is 693 g/mol. The molecular formula is C36H63N5O8. The van der Waals surface area contributed by atoms with Crippen LogP contribution < -0.4 is 16.8 Å². The van der Waals surface area contributed by atoms with Gasteiger partial charge in [-0.1, -0.05) is 74.4 Å². The number of hydrogen-bond acceptors (Lipinski definition) is 9. The Balaban J connectivity index is 0. The normalized spacial score (nSPS) is 18.7. The van der Waals surface area contributed by atoms with Crippen LogP contribution in [0.2, 0.25) is 0 Å². The van der Waals surface area contributed by atoms with Gasteiger partial charge in [0.05, 0.1) is 25.2 Å². The second-order valence-electron chi connectivity index (χ2n) is 10.8. The molecule has 13 nitrogen and oxygen atoms in total. The van der Waals surface area contributed by atoms with Crippen molar-refractivity contribution in [3.05, 3.63) is 29.8 Å². The van der Waals surface area contributed by atoms with E-state index in [1.165, 1.54) is 28.9 Å². The minimum Gasteiger partial charge on any atom is -0.508 e. The fraction of sp³-hybridized carbons (Fsp3) is 0.667. The number of benzene rings is 1. The molecule has 2 fully saturated rings. The number of aromatic hydroxyl groups is 1. The molecule has 1 aromatic rings. The zero-order chi connectivity index (χ0) is 38.3. The molecular weight excluding hydrogens is 630 g/mol. The molecule has 7 N–H and O–H groups in total. The molecule has 2 aliphatic rings. The van der Waals surface area contributed by atoms with Gasteiger partial charge in [-0.25, -0.2) is 0 Å². The van der Waals surface area contributed by atoms with Crippen LogP contribution in [-0.4, -0.2) is 99.6 Å². The summed E-state index contributed by atoms with van der Waals surface area (Å²) in [6.07, 6.45) is -0.0427. The van der Waals surface area contributed by atoms with E-state index in [-0.39, 0.29) is 62.6 Å². The lowest BCUT2D eigenvalue weighted by Gasteiger charge is -2.31. The van der Waals surface area contributed by atoms with Crippen LogP contribution in [0.15, 0.2) is 24.3 Å². The Labute approximate surface area is 293 Å². The highest BCUT2D eigenvalue weighted by molar-refractivity contribution is 5.96. The molecule has 0 radical (unpaired) electrons. The Hall–Kier alpha value is -3.84. The third-order valence-corrected chi connectivity index (χ3v) is 7.68. The van der Waals surface area contributed by atoms with Crippen molar-refractivity contribution in [2.45, 2.75) is 119 Å². The lowest BCUT2D eigenvalue weighted by molar-refractivity contribution is -0.146. The average molecular weight is 694 g/mol. The van der Waals surface area contributed by atoms with Crippen molar-refractivity contribution in [1.82, 2.24) is 15.1 Å². The van der Waals surface area contributed by atoms with Crippen LogP contribution in [0.1, 0.15) is 100.0 Å². The van der Waals surface area contributed by atoms with Crippen molar-refractivity contribution in [1.29, 1.82) is 0 Å². The number of nitrogens with two attached hydrogens (primary N) is 2. The van der Waals surface area contributed by atoms with E-state index in [0.29, 0.717) is 12.8 Å². The Morgan fingerprint density at radius 3 is 2.00 bits per heavy atom. The van der Waals surface area contributed by atoms with Crippen molar-refractivity contribution < 1.29 is 39.0 Å². The van der Waals surface area contributed by atoms with Gasteiger partial charge in [0, 0.05) is 44.2 Å². The SMILES string of the molecule is CC.CC.CC.CC.CC(CC(=O)CN)C(=O)NCC(=O)N1C[C@@H](O)CC1C(=O)N1CCCC1C(=O)CC(Cc1ccc(O)cc1)C(N)=O. The summed E-state index contributed by atoms with van der Waals surface area (Å²) in [6, 6.07) is 4.43. The number of phenolic OH excluding ortho intramolecular Hbond substituents is 1. The van der Waals surface area contributed by atoms with Gasteiger partial charge in [0.1, 0.15) is 17.6 Å². The number of carbonyl (C=O) groups is 6. The van der Waals surface area contributed by atoms with Crippen LogP contribution in [0.25, 0.3) is 0 Å². The zero-order valence-corrected chi connectivity index (χ0v) is 31.2. The maximum absolute atomic E-state index is 13.6. The summed E-state index contributed by atoms with van der Waals surface area (Å²) >= 11 is 0. The molecule has 0 aromatic heterocycles. The smallest absolute Gasteiger partial charge is 0.246 e. The highest BCUT2D eigenvalue weighted by atomic mass is 16.3. The number of aliphatic hydroxyl groups is 1. The third-order valence-electron chi connectivity index (χ3n) is 7.68. The quantitative estimate of drug-likeness (QED) is 0.205. The molecule has 280 valence electrons. The number of ketones is 2. The van der Waals surface area contributed by atoms with Crippen molar-refractivity contribution in [3.8, 4) is 5.75 Å². The molecule has 2 heterocycles. The first kappa shape index (κ1) is 47.3. The zero-order valence-electron chi connectivity index (χ0n) is 31.2. The molecule has 0 bridgehead atoms. The summed E-state index contributed by atoms with van der Waals surface area (Å²) in [7, 11) is 0. The second-order valence-corrected chi connectivity index (χ2v) is 10.8. The number of β-amino-alcohol motifs (C(OH)–C–C–N with tert-alkyl or cyclic N) is 1. The minimum atomic E-state index is -1.01. The number of amides is 4. The fourth-order valence-corrected chi connectivity index (χ4v) is 5.41. The number of nitrogens with one attached hydrogen (secondary N) is 1. The first-order valence-electron chi connectivity index (χ1n) is 17.8. The molecule has 2 aliphatic heterocycles. The summed E-state index contributed by atoms with van der Waals surface area (Å²) in [4.78, 5) is 78.4. The number of phenols is 1. The highest BCUT2D eigenvalue weighted by Gasteiger charge is 2.44. The van der Waals surface area contributed by atoms with Gasteiger partial charge < -0.3 is 36.8 Å². The molecule has 1 aromatic carbocycles. The molecule has 4 unspecified atom stereocenters. The van der Waals surface area contributed by atoms with E-state index in [9.17, 15) is 39.0 Å². The van der Waals surface area contributed by atoms with Gasteiger partial charge in [-0.2, -0.15) is 0 Å². The Bertz CT molecular complexity index is 1160. The van der Waals surface area contributed by atoms with Gasteiger partial charge in [-0.3, -0.25) is 28.8 Å². The van der Waals surface area contributed by atoms with Crippen LogP contribution in [0.5, 0.6) is 5.75 Å². The molecule has 0 saturated carbocycles. The highest BCUT2D eigenvalue weighted by Crippen LogP contribution is 2.27. The first-order valence-corrected chi connectivity index (χ1v) is 17.8. The molecule has 13 heteroatoms. The molecule has 4 amide bonds. The number of nitrogens with zero attached hydrogens (tertiary/aromatic N) is 2. The van der Waals surface area contributed by atoms with Gasteiger partial charge in [-0.05, 0) is 37.0 Å². The lowest BCUT2D eigenvalue weighted by atomic mass is 9.91. The largest absolute Gasteiger partial charge is 0.508 e. The van der Waals surface area contributed by atoms with E-state index < -0.39 is 60.2 Å². The fourth-order valence-electron chi connectivity index (χ4n) is 5.41. The van der Waals surface area contributed by atoms with Gasteiger partial charge in [0.15, 0.2) is 5.78 Å². The number of carbonyl (C=O) groups excluding carboxylic acids is 6. The maximum atomic E-state index is 13.6. The molecule has 0 aliphatic carbocycles. The van der Waals surface area contributed by atoms with Crippen LogP contribution in [0.3, 0.4) is 0 Å². The minimum absolute atomic E-state index is 0.0118. The summed E-state index contributed by atoms with van der Waals surface area (Å²) in [5, 5.41) is 22.2. The third kappa shape index (κ3) is 15.5. The summed E-state index contributed by atoms with van der Waals surface area (Å²) < 4.78 is 0. The first-order chi connectivity index (χ1) is 23.4.